The molecule has 18 heavy (non-hydrogen) atoms. The van der Waals surface area contributed by atoms with E-state index in [0.717, 1.165) is 0 Å². The van der Waals surface area contributed by atoms with E-state index >= 15 is 0 Å². The third kappa shape index (κ3) is 4.58. The summed E-state index contributed by atoms with van der Waals surface area (Å²) in [6.45, 7) is 3.67. The molecule has 0 saturated carbocycles. The van der Waals surface area contributed by atoms with Crippen LogP contribution in [0.25, 0.3) is 0 Å². The summed E-state index contributed by atoms with van der Waals surface area (Å²) in [5.41, 5.74) is -0.402. The Labute approximate surface area is 106 Å². The van der Waals surface area contributed by atoms with Gasteiger partial charge >= 0.3 is 0 Å². The van der Waals surface area contributed by atoms with Crippen molar-refractivity contribution in [2.75, 3.05) is 13.7 Å². The molecule has 0 aromatic heterocycles. The molecule has 0 saturated heterocycles. The minimum absolute atomic E-state index is 0.0582. The van der Waals surface area contributed by atoms with Crippen molar-refractivity contribution in [3.05, 3.63) is 29.3 Å². The minimum atomic E-state index is -0.918. The zero-order valence-electron chi connectivity index (χ0n) is 10.9. The van der Waals surface area contributed by atoms with Crippen molar-refractivity contribution in [1.29, 1.82) is 0 Å². The number of hydrogen-bond donors (Lipinski definition) is 2. The van der Waals surface area contributed by atoms with Crippen LogP contribution in [-0.4, -0.2) is 24.4 Å². The van der Waals surface area contributed by atoms with Gasteiger partial charge < -0.3 is 15.2 Å². The van der Waals surface area contributed by atoms with Gasteiger partial charge in [0.15, 0.2) is 17.4 Å². The summed E-state index contributed by atoms with van der Waals surface area (Å²) in [7, 11) is 1.70. The molecule has 0 fully saturated rings. The average Bonchev–Trinajstić information content (AvgIpc) is 2.21. The van der Waals surface area contributed by atoms with Gasteiger partial charge in [0.1, 0.15) is 0 Å². The van der Waals surface area contributed by atoms with Crippen molar-refractivity contribution in [1.82, 2.24) is 5.32 Å². The molecule has 5 heteroatoms. The van der Waals surface area contributed by atoms with Crippen molar-refractivity contribution >= 4 is 0 Å². The van der Waals surface area contributed by atoms with E-state index in [2.05, 4.69) is 5.32 Å². The molecule has 0 aliphatic heterocycles. The van der Waals surface area contributed by atoms with Crippen LogP contribution in [0, 0.1) is 11.6 Å². The first-order valence-corrected chi connectivity index (χ1v) is 5.81. The zero-order valence-corrected chi connectivity index (χ0v) is 10.9. The van der Waals surface area contributed by atoms with Crippen LogP contribution >= 0.6 is 0 Å². The lowest BCUT2D eigenvalue weighted by atomic mass is 10.1. The van der Waals surface area contributed by atoms with Crippen LogP contribution in [0.15, 0.2) is 12.1 Å². The minimum Gasteiger partial charge on any atom is -0.487 e. The number of benzene rings is 1. The molecule has 1 aromatic rings. The second kappa shape index (κ2) is 6.11. The van der Waals surface area contributed by atoms with Crippen molar-refractivity contribution in [2.24, 2.45) is 0 Å². The largest absolute Gasteiger partial charge is 0.487 e. The lowest BCUT2D eigenvalue weighted by Crippen LogP contribution is -2.22. The summed E-state index contributed by atoms with van der Waals surface area (Å²) in [6.07, 6.45) is 0.296. The van der Waals surface area contributed by atoms with Gasteiger partial charge in [-0.3, -0.25) is 0 Å². The van der Waals surface area contributed by atoms with E-state index < -0.39 is 17.2 Å². The summed E-state index contributed by atoms with van der Waals surface area (Å²) in [4.78, 5) is 0. The second-order valence-electron chi connectivity index (χ2n) is 4.83. The van der Waals surface area contributed by atoms with Gasteiger partial charge in [-0.2, -0.15) is 0 Å². The number of ether oxygens (including phenoxy) is 1. The van der Waals surface area contributed by atoms with Crippen LogP contribution in [0.1, 0.15) is 25.8 Å². The van der Waals surface area contributed by atoms with E-state index in [0.29, 0.717) is 18.5 Å². The van der Waals surface area contributed by atoms with E-state index in [1.54, 1.807) is 20.9 Å². The van der Waals surface area contributed by atoms with E-state index in [1.807, 2.05) is 0 Å². The third-order valence-electron chi connectivity index (χ3n) is 2.40. The quantitative estimate of drug-likeness (QED) is 0.823. The molecule has 0 radical (unpaired) electrons. The highest BCUT2D eigenvalue weighted by Crippen LogP contribution is 2.24. The lowest BCUT2D eigenvalue weighted by molar-refractivity contribution is 0.0540. The maximum absolute atomic E-state index is 13.6. The number of aliphatic hydroxyl groups is 1. The standard InChI is InChI=1S/C13H19F2NO2/c1-13(2,17)4-5-18-12-10(14)6-9(8-16-3)7-11(12)15/h6-7,16-17H,4-5,8H2,1-3H3. The predicted molar refractivity (Wildman–Crippen MR) is 65.5 cm³/mol. The van der Waals surface area contributed by atoms with Crippen molar-refractivity contribution in [2.45, 2.75) is 32.4 Å². The second-order valence-corrected chi connectivity index (χ2v) is 4.83. The van der Waals surface area contributed by atoms with E-state index in [-0.39, 0.29) is 12.4 Å². The predicted octanol–water partition coefficient (Wildman–Crippen LogP) is 2.22. The molecule has 0 aliphatic rings. The Hall–Kier alpha value is -1.20. The Morgan fingerprint density at radius 1 is 1.28 bits per heavy atom. The van der Waals surface area contributed by atoms with E-state index in [9.17, 15) is 13.9 Å². The fourth-order valence-electron chi connectivity index (χ4n) is 1.46. The number of nitrogens with one attached hydrogen (secondary N) is 1. The number of hydrogen-bond acceptors (Lipinski definition) is 3. The molecule has 0 spiro atoms. The fourth-order valence-corrected chi connectivity index (χ4v) is 1.46. The van der Waals surface area contributed by atoms with Crippen LogP contribution in [0.4, 0.5) is 8.78 Å². The van der Waals surface area contributed by atoms with Crippen molar-refractivity contribution in [3.63, 3.8) is 0 Å². The van der Waals surface area contributed by atoms with Gasteiger partial charge in [-0.1, -0.05) is 0 Å². The number of rotatable bonds is 6. The monoisotopic (exact) mass is 259 g/mol. The maximum Gasteiger partial charge on any atom is 0.190 e. The van der Waals surface area contributed by atoms with Crippen LogP contribution in [0.3, 0.4) is 0 Å². The molecule has 2 N–H and O–H groups in total. The Bertz CT molecular complexity index is 379. The molecule has 1 aromatic carbocycles. The Kier molecular flexibility index (Phi) is 5.04. The van der Waals surface area contributed by atoms with E-state index in [1.165, 1.54) is 12.1 Å². The van der Waals surface area contributed by atoms with Gasteiger partial charge in [0.25, 0.3) is 0 Å². The molecule has 3 nitrogen and oxygen atoms in total. The van der Waals surface area contributed by atoms with Gasteiger partial charge in [0, 0.05) is 13.0 Å². The maximum atomic E-state index is 13.6. The molecule has 0 atom stereocenters. The molecule has 0 bridgehead atoms. The van der Waals surface area contributed by atoms with E-state index in [4.69, 9.17) is 4.74 Å². The highest BCUT2D eigenvalue weighted by molar-refractivity contribution is 5.31. The Morgan fingerprint density at radius 2 is 1.83 bits per heavy atom. The van der Waals surface area contributed by atoms with Gasteiger partial charge in [0.2, 0.25) is 0 Å². The van der Waals surface area contributed by atoms with Gasteiger partial charge in [-0.05, 0) is 38.6 Å². The Balaban J connectivity index is 2.71. The third-order valence-corrected chi connectivity index (χ3v) is 2.40. The SMILES string of the molecule is CNCc1cc(F)c(OCCC(C)(C)O)c(F)c1. The number of halogens is 2. The summed E-state index contributed by atoms with van der Waals surface area (Å²) in [5, 5.41) is 12.3. The van der Waals surface area contributed by atoms with Gasteiger partial charge in [-0.15, -0.1) is 0 Å². The molecule has 0 unspecified atom stereocenters. The van der Waals surface area contributed by atoms with Crippen LogP contribution in [0.5, 0.6) is 5.75 Å². The highest BCUT2D eigenvalue weighted by atomic mass is 19.1. The van der Waals surface area contributed by atoms with Crippen molar-refractivity contribution < 1.29 is 18.6 Å². The molecule has 1 rings (SSSR count). The van der Waals surface area contributed by atoms with Crippen LogP contribution in [-0.2, 0) is 6.54 Å². The normalized spacial score (nSPS) is 11.7. The lowest BCUT2D eigenvalue weighted by Gasteiger charge is -2.17. The highest BCUT2D eigenvalue weighted by Gasteiger charge is 2.16. The first kappa shape index (κ1) is 14.9. The van der Waals surface area contributed by atoms with Gasteiger partial charge in [0.05, 0.1) is 12.2 Å². The summed E-state index contributed by atoms with van der Waals surface area (Å²) < 4.78 is 32.2. The Morgan fingerprint density at radius 3 is 2.28 bits per heavy atom. The molecular formula is C13H19F2NO2. The molecule has 0 aliphatic carbocycles. The first-order valence-electron chi connectivity index (χ1n) is 5.81. The van der Waals surface area contributed by atoms with Gasteiger partial charge in [-0.25, -0.2) is 8.78 Å². The average molecular weight is 259 g/mol. The van der Waals surface area contributed by atoms with Crippen molar-refractivity contribution in [3.8, 4) is 5.75 Å². The molecular weight excluding hydrogens is 240 g/mol. The zero-order chi connectivity index (χ0) is 13.8. The summed E-state index contributed by atoms with van der Waals surface area (Å²) in [5.74, 6) is -1.84. The molecule has 0 heterocycles. The first-order chi connectivity index (χ1) is 8.33. The van der Waals surface area contributed by atoms with Crippen LogP contribution < -0.4 is 10.1 Å². The molecule has 102 valence electrons. The summed E-state index contributed by atoms with van der Waals surface area (Å²) >= 11 is 0. The molecule has 0 amide bonds. The fraction of sp³-hybridized carbons (Fsp3) is 0.538. The van der Waals surface area contributed by atoms with Crippen LogP contribution in [0.2, 0.25) is 0 Å². The topological polar surface area (TPSA) is 41.5 Å². The summed E-state index contributed by atoms with van der Waals surface area (Å²) in [6, 6.07) is 2.47. The smallest absolute Gasteiger partial charge is 0.190 e.